The van der Waals surface area contributed by atoms with E-state index in [4.69, 9.17) is 9.15 Å². The lowest BCUT2D eigenvalue weighted by Crippen LogP contribution is -2.44. The summed E-state index contributed by atoms with van der Waals surface area (Å²) in [5, 5.41) is 0. The van der Waals surface area contributed by atoms with Crippen LogP contribution in [0.4, 0.5) is 4.39 Å². The van der Waals surface area contributed by atoms with E-state index in [0.29, 0.717) is 18.9 Å². The molecule has 1 fully saturated rings. The number of aryl methyl sites for hydroxylation is 1. The van der Waals surface area contributed by atoms with Crippen molar-refractivity contribution >= 4 is 17.9 Å². The van der Waals surface area contributed by atoms with Crippen LogP contribution in [0.5, 0.6) is 0 Å². The number of rotatable bonds is 10. The summed E-state index contributed by atoms with van der Waals surface area (Å²) < 4.78 is 24.9. The molecule has 1 aliphatic heterocycles. The van der Waals surface area contributed by atoms with Gasteiger partial charge in [0.15, 0.2) is 0 Å². The maximum Gasteiger partial charge on any atom is 0.247 e. The molecule has 0 saturated carbocycles. The molecule has 1 atom stereocenters. The Kier molecular flexibility index (Phi) is 8.68. The van der Waals surface area contributed by atoms with Crippen molar-refractivity contribution < 1.29 is 23.1 Å². The third-order valence-electron chi connectivity index (χ3n) is 6.09. The van der Waals surface area contributed by atoms with E-state index >= 15 is 0 Å². The average Bonchev–Trinajstić information content (AvgIpc) is 3.55. The van der Waals surface area contributed by atoms with Crippen LogP contribution in [-0.2, 0) is 27.4 Å². The molecule has 1 aliphatic rings. The molecule has 2 amide bonds. The first-order chi connectivity index (χ1) is 17.5. The van der Waals surface area contributed by atoms with Crippen LogP contribution < -0.4 is 0 Å². The number of carbonyl (C=O) groups is 2. The lowest BCUT2D eigenvalue weighted by Gasteiger charge is -2.28. The van der Waals surface area contributed by atoms with Crippen LogP contribution >= 0.6 is 0 Å². The highest BCUT2D eigenvalue weighted by Gasteiger charge is 2.26. The number of furan rings is 1. The summed E-state index contributed by atoms with van der Waals surface area (Å²) in [6.07, 6.45) is 4.94. The van der Waals surface area contributed by atoms with Gasteiger partial charge in [0, 0.05) is 25.8 Å². The molecule has 0 bridgehead atoms. The van der Waals surface area contributed by atoms with Crippen LogP contribution in [-0.4, -0.2) is 47.4 Å². The molecule has 7 heteroatoms. The molecular weight excluding hydrogens is 459 g/mol. The van der Waals surface area contributed by atoms with Gasteiger partial charge >= 0.3 is 0 Å². The minimum atomic E-state index is -0.336. The molecule has 2 aromatic carbocycles. The van der Waals surface area contributed by atoms with Gasteiger partial charge in [-0.05, 0) is 61.2 Å². The molecule has 36 heavy (non-hydrogen) atoms. The van der Waals surface area contributed by atoms with E-state index < -0.39 is 0 Å². The zero-order chi connectivity index (χ0) is 25.3. The Morgan fingerprint density at radius 1 is 1.00 bits per heavy atom. The van der Waals surface area contributed by atoms with E-state index in [1.807, 2.05) is 49.4 Å². The molecule has 188 valence electrons. The smallest absolute Gasteiger partial charge is 0.247 e. The number of amides is 2. The summed E-state index contributed by atoms with van der Waals surface area (Å²) in [6, 6.07) is 19.3. The van der Waals surface area contributed by atoms with Crippen molar-refractivity contribution in [1.82, 2.24) is 9.80 Å². The highest BCUT2D eigenvalue weighted by molar-refractivity contribution is 5.94. The first-order valence-corrected chi connectivity index (χ1v) is 12.2. The van der Waals surface area contributed by atoms with Crippen LogP contribution in [0.25, 0.3) is 6.08 Å². The molecule has 0 N–H and O–H groups in total. The Balaban J connectivity index is 1.51. The molecule has 3 aromatic rings. The maximum atomic E-state index is 13.5. The zero-order valence-electron chi connectivity index (χ0n) is 20.4. The van der Waals surface area contributed by atoms with E-state index in [2.05, 4.69) is 0 Å². The monoisotopic (exact) mass is 490 g/mol. The fourth-order valence-corrected chi connectivity index (χ4v) is 4.17. The number of hydrogen-bond donors (Lipinski definition) is 0. The van der Waals surface area contributed by atoms with Gasteiger partial charge in [-0.25, -0.2) is 4.39 Å². The summed E-state index contributed by atoms with van der Waals surface area (Å²) >= 11 is 0. The van der Waals surface area contributed by atoms with Crippen LogP contribution in [0.15, 0.2) is 77.2 Å². The van der Waals surface area contributed by atoms with Crippen LogP contribution in [0.3, 0.4) is 0 Å². The van der Waals surface area contributed by atoms with Gasteiger partial charge in [-0.3, -0.25) is 9.59 Å². The lowest BCUT2D eigenvalue weighted by atomic mass is 10.2. The average molecular weight is 491 g/mol. The SMILES string of the molecule is Cc1ccc(CN(Cc2ccc(F)cc2)C(=O)CN(CC2CCCO2)C(=O)C=Cc2ccccc2)o1. The minimum absolute atomic E-state index is 0.0925. The molecule has 0 aliphatic carbocycles. The van der Waals surface area contributed by atoms with Gasteiger partial charge < -0.3 is 19.0 Å². The Morgan fingerprint density at radius 2 is 1.78 bits per heavy atom. The summed E-state index contributed by atoms with van der Waals surface area (Å²) in [4.78, 5) is 29.9. The number of ether oxygens (including phenoxy) is 1. The van der Waals surface area contributed by atoms with Gasteiger partial charge in [-0.2, -0.15) is 0 Å². The fourth-order valence-electron chi connectivity index (χ4n) is 4.17. The predicted molar refractivity (Wildman–Crippen MR) is 135 cm³/mol. The van der Waals surface area contributed by atoms with Gasteiger partial charge in [-0.15, -0.1) is 0 Å². The lowest BCUT2D eigenvalue weighted by molar-refractivity contribution is -0.140. The van der Waals surface area contributed by atoms with Gasteiger partial charge in [-0.1, -0.05) is 42.5 Å². The van der Waals surface area contributed by atoms with E-state index in [0.717, 1.165) is 29.7 Å². The Bertz CT molecular complexity index is 1170. The van der Waals surface area contributed by atoms with Crippen molar-refractivity contribution in [3.05, 3.63) is 101 Å². The quantitative estimate of drug-likeness (QED) is 0.376. The van der Waals surface area contributed by atoms with Crippen LogP contribution in [0.2, 0.25) is 0 Å². The maximum absolute atomic E-state index is 13.5. The van der Waals surface area contributed by atoms with Gasteiger partial charge in [0.05, 0.1) is 12.6 Å². The highest BCUT2D eigenvalue weighted by Crippen LogP contribution is 2.17. The Morgan fingerprint density at radius 3 is 2.44 bits per heavy atom. The topological polar surface area (TPSA) is 63.0 Å². The van der Waals surface area contributed by atoms with Crippen molar-refractivity contribution in [2.24, 2.45) is 0 Å². The second kappa shape index (κ2) is 12.3. The van der Waals surface area contributed by atoms with Gasteiger partial charge in [0.1, 0.15) is 23.9 Å². The molecule has 6 nitrogen and oxygen atoms in total. The standard InChI is InChI=1S/C29H31FN2O4/c1-22-9-15-27(36-22)20-31(18-24-10-13-25(30)14-11-24)29(34)21-32(19-26-8-5-17-35-26)28(33)16-12-23-6-3-2-4-7-23/h2-4,6-7,9-16,26H,5,8,17-21H2,1H3. The number of benzene rings is 2. The van der Waals surface area contributed by atoms with Crippen molar-refractivity contribution in [3.63, 3.8) is 0 Å². The number of carbonyl (C=O) groups excluding carboxylic acids is 2. The van der Waals surface area contributed by atoms with Crippen molar-refractivity contribution in [2.75, 3.05) is 19.7 Å². The second-order valence-corrected chi connectivity index (χ2v) is 8.99. The third-order valence-corrected chi connectivity index (χ3v) is 6.09. The van der Waals surface area contributed by atoms with Crippen molar-refractivity contribution in [1.29, 1.82) is 0 Å². The molecule has 1 aromatic heterocycles. The van der Waals surface area contributed by atoms with E-state index in [9.17, 15) is 14.0 Å². The minimum Gasteiger partial charge on any atom is -0.464 e. The van der Waals surface area contributed by atoms with Crippen molar-refractivity contribution in [2.45, 2.75) is 39.0 Å². The zero-order valence-corrected chi connectivity index (χ0v) is 20.4. The largest absolute Gasteiger partial charge is 0.464 e. The van der Waals surface area contributed by atoms with Crippen LogP contribution in [0, 0.1) is 12.7 Å². The summed E-state index contributed by atoms with van der Waals surface area (Å²) in [5.41, 5.74) is 1.69. The second-order valence-electron chi connectivity index (χ2n) is 8.99. The molecular formula is C29H31FN2O4. The molecule has 1 unspecified atom stereocenters. The van der Waals surface area contributed by atoms with Crippen molar-refractivity contribution in [3.8, 4) is 0 Å². The Hall–Kier alpha value is -3.71. The molecule has 0 radical (unpaired) electrons. The summed E-state index contributed by atoms with van der Waals surface area (Å²) in [5.74, 6) is 0.576. The first kappa shape index (κ1) is 25.4. The van der Waals surface area contributed by atoms with Crippen LogP contribution in [0.1, 0.15) is 35.5 Å². The van der Waals surface area contributed by atoms with E-state index in [1.54, 1.807) is 28.0 Å². The predicted octanol–water partition coefficient (Wildman–Crippen LogP) is 4.98. The fraction of sp³-hybridized carbons (Fsp3) is 0.310. The van der Waals surface area contributed by atoms with E-state index in [-0.39, 0.29) is 43.4 Å². The van der Waals surface area contributed by atoms with Gasteiger partial charge in [0.2, 0.25) is 11.8 Å². The summed E-state index contributed by atoms with van der Waals surface area (Å²) in [6.45, 7) is 3.25. The molecule has 2 heterocycles. The number of halogens is 1. The number of hydrogen-bond acceptors (Lipinski definition) is 4. The van der Waals surface area contributed by atoms with Gasteiger partial charge in [0.25, 0.3) is 0 Å². The highest BCUT2D eigenvalue weighted by atomic mass is 19.1. The third kappa shape index (κ3) is 7.39. The molecule has 0 spiro atoms. The molecule has 1 saturated heterocycles. The first-order valence-electron chi connectivity index (χ1n) is 12.2. The summed E-state index contributed by atoms with van der Waals surface area (Å²) in [7, 11) is 0. The normalized spacial score (nSPS) is 15.3. The number of nitrogens with zero attached hydrogens (tertiary/aromatic N) is 2. The molecule has 4 rings (SSSR count). The van der Waals surface area contributed by atoms with E-state index in [1.165, 1.54) is 18.2 Å². The Labute approximate surface area is 211 Å².